The first kappa shape index (κ1) is 18.7. The fraction of sp³-hybridized carbons (Fsp3) is 0.222. The molecule has 2 aromatic carbocycles. The minimum Gasteiger partial charge on any atom is -0.482 e. The molecule has 9 heteroatoms. The number of nitrogens with zero attached hydrogens (tertiary/aromatic N) is 2. The number of nitro benzene ring substituents is 1. The Kier molecular flexibility index (Phi) is 5.27. The number of ether oxygens (including phenoxy) is 1. The molecule has 140 valence electrons. The van der Waals surface area contributed by atoms with Gasteiger partial charge in [-0.1, -0.05) is 23.7 Å². The molecule has 8 nitrogen and oxygen atoms in total. The minimum atomic E-state index is -0.569. The van der Waals surface area contributed by atoms with Crippen LogP contribution in [-0.2, 0) is 9.59 Å². The number of hydrogen-bond acceptors (Lipinski definition) is 5. The first-order valence-corrected chi connectivity index (χ1v) is 8.49. The molecular formula is C18H16ClN3O5. The highest BCUT2D eigenvalue weighted by molar-refractivity contribution is 6.30. The third-order valence-electron chi connectivity index (χ3n) is 4.15. The summed E-state index contributed by atoms with van der Waals surface area (Å²) < 4.78 is 5.29. The van der Waals surface area contributed by atoms with Crippen LogP contribution in [-0.4, -0.2) is 29.9 Å². The number of rotatable bonds is 5. The molecule has 1 heterocycles. The lowest BCUT2D eigenvalue weighted by atomic mass is 10.1. The van der Waals surface area contributed by atoms with Crippen LogP contribution in [0.1, 0.15) is 18.5 Å². The molecule has 2 amide bonds. The van der Waals surface area contributed by atoms with Gasteiger partial charge >= 0.3 is 0 Å². The van der Waals surface area contributed by atoms with Crippen molar-refractivity contribution in [1.82, 2.24) is 5.32 Å². The predicted molar refractivity (Wildman–Crippen MR) is 99.0 cm³/mol. The molecule has 1 atom stereocenters. The maximum Gasteiger partial charge on any atom is 0.271 e. The monoisotopic (exact) mass is 389 g/mol. The summed E-state index contributed by atoms with van der Waals surface area (Å²) in [6.45, 7) is 1.31. The van der Waals surface area contributed by atoms with E-state index in [1.54, 1.807) is 31.2 Å². The Morgan fingerprint density at radius 2 is 2.04 bits per heavy atom. The maximum atomic E-state index is 12.4. The second-order valence-corrected chi connectivity index (χ2v) is 6.45. The van der Waals surface area contributed by atoms with E-state index in [1.807, 2.05) is 0 Å². The van der Waals surface area contributed by atoms with E-state index in [0.29, 0.717) is 10.8 Å². The summed E-state index contributed by atoms with van der Waals surface area (Å²) in [7, 11) is 0. The van der Waals surface area contributed by atoms with Crippen LogP contribution in [0.5, 0.6) is 5.75 Å². The van der Waals surface area contributed by atoms with Crippen LogP contribution in [0, 0.1) is 10.1 Å². The summed E-state index contributed by atoms with van der Waals surface area (Å²) in [6, 6.07) is 10.7. The number of hydrogen-bond donors (Lipinski definition) is 1. The van der Waals surface area contributed by atoms with Crippen molar-refractivity contribution in [2.45, 2.75) is 13.0 Å². The van der Waals surface area contributed by atoms with Crippen LogP contribution < -0.4 is 15.0 Å². The van der Waals surface area contributed by atoms with Crippen LogP contribution >= 0.6 is 11.6 Å². The van der Waals surface area contributed by atoms with E-state index < -0.39 is 16.7 Å². The zero-order valence-corrected chi connectivity index (χ0v) is 15.1. The largest absolute Gasteiger partial charge is 0.482 e. The topological polar surface area (TPSA) is 102 Å². The number of nitro groups is 1. The van der Waals surface area contributed by atoms with Crippen molar-refractivity contribution in [2.75, 3.05) is 18.1 Å². The molecule has 27 heavy (non-hydrogen) atoms. The fourth-order valence-corrected chi connectivity index (χ4v) is 2.87. The first-order valence-electron chi connectivity index (χ1n) is 8.11. The summed E-state index contributed by atoms with van der Waals surface area (Å²) in [5.74, 6) is -0.527. The molecule has 2 aromatic rings. The van der Waals surface area contributed by atoms with Gasteiger partial charge in [0.2, 0.25) is 5.91 Å². The van der Waals surface area contributed by atoms with Gasteiger partial charge in [0.05, 0.1) is 16.7 Å². The molecule has 0 saturated heterocycles. The standard InChI is InChI=1S/C18H16ClN3O5/c1-11(12-2-4-13(19)5-3-12)20-17(23)9-21-15-8-14(22(25)26)6-7-16(15)27-10-18(21)24/h2-8,11H,9-10H2,1H3,(H,20,23)/t11-/m1/s1. The predicted octanol–water partition coefficient (Wildman–Crippen LogP) is 2.85. The number of non-ortho nitro benzene ring substituents is 1. The van der Waals surface area contributed by atoms with Crippen molar-refractivity contribution < 1.29 is 19.2 Å². The summed E-state index contributed by atoms with van der Waals surface area (Å²) in [6.07, 6.45) is 0. The van der Waals surface area contributed by atoms with Gasteiger partial charge in [0.15, 0.2) is 6.61 Å². The van der Waals surface area contributed by atoms with Gasteiger partial charge in [-0.15, -0.1) is 0 Å². The summed E-state index contributed by atoms with van der Waals surface area (Å²) in [5, 5.41) is 14.4. The Hall–Kier alpha value is -3.13. The number of amides is 2. The Morgan fingerprint density at radius 1 is 1.33 bits per heavy atom. The number of anilines is 1. The molecule has 0 bridgehead atoms. The van der Waals surface area contributed by atoms with E-state index in [2.05, 4.69) is 5.32 Å². The lowest BCUT2D eigenvalue weighted by molar-refractivity contribution is -0.384. The molecule has 1 N–H and O–H groups in total. The Bertz CT molecular complexity index is 900. The molecule has 1 aliphatic rings. The molecule has 0 spiro atoms. The van der Waals surface area contributed by atoms with Crippen molar-refractivity contribution in [3.63, 3.8) is 0 Å². The van der Waals surface area contributed by atoms with Crippen molar-refractivity contribution in [3.8, 4) is 5.75 Å². The molecular weight excluding hydrogens is 374 g/mol. The first-order chi connectivity index (χ1) is 12.8. The van der Waals surface area contributed by atoms with Gasteiger partial charge in [-0.2, -0.15) is 0 Å². The molecule has 0 aliphatic carbocycles. The minimum absolute atomic E-state index is 0.188. The van der Waals surface area contributed by atoms with Crippen LogP contribution in [0.4, 0.5) is 11.4 Å². The number of halogens is 1. The third-order valence-corrected chi connectivity index (χ3v) is 4.40. The van der Waals surface area contributed by atoms with Crippen molar-refractivity contribution >= 4 is 34.8 Å². The van der Waals surface area contributed by atoms with Crippen LogP contribution in [0.3, 0.4) is 0 Å². The zero-order chi connectivity index (χ0) is 19.6. The van der Waals surface area contributed by atoms with Crippen LogP contribution in [0.2, 0.25) is 5.02 Å². The van der Waals surface area contributed by atoms with Gasteiger partial charge in [0.1, 0.15) is 12.3 Å². The van der Waals surface area contributed by atoms with E-state index in [-0.39, 0.29) is 30.6 Å². The van der Waals surface area contributed by atoms with Gasteiger partial charge < -0.3 is 10.1 Å². The Morgan fingerprint density at radius 3 is 2.70 bits per heavy atom. The number of carbonyl (C=O) groups is 2. The average Bonchev–Trinajstić information content (AvgIpc) is 2.64. The van der Waals surface area contributed by atoms with E-state index in [9.17, 15) is 19.7 Å². The Labute approximate surface area is 159 Å². The fourth-order valence-electron chi connectivity index (χ4n) is 2.74. The Balaban J connectivity index is 1.75. The van der Waals surface area contributed by atoms with E-state index in [4.69, 9.17) is 16.3 Å². The molecule has 0 aromatic heterocycles. The highest BCUT2D eigenvalue weighted by Crippen LogP contribution is 2.35. The lowest BCUT2D eigenvalue weighted by Gasteiger charge is -2.29. The normalized spacial score (nSPS) is 14.1. The second kappa shape index (κ2) is 7.63. The van der Waals surface area contributed by atoms with Gasteiger partial charge in [-0.3, -0.25) is 24.6 Å². The summed E-state index contributed by atoms with van der Waals surface area (Å²) >= 11 is 5.86. The van der Waals surface area contributed by atoms with E-state index in [1.165, 1.54) is 23.1 Å². The van der Waals surface area contributed by atoms with Crippen molar-refractivity contribution in [1.29, 1.82) is 0 Å². The average molecular weight is 390 g/mol. The quantitative estimate of drug-likeness (QED) is 0.625. The lowest BCUT2D eigenvalue weighted by Crippen LogP contribution is -2.45. The van der Waals surface area contributed by atoms with Gasteiger partial charge in [-0.25, -0.2) is 0 Å². The SMILES string of the molecule is C[C@@H](NC(=O)CN1C(=O)COc2ccc([N+](=O)[O-])cc21)c1ccc(Cl)cc1. The smallest absolute Gasteiger partial charge is 0.271 e. The maximum absolute atomic E-state index is 12.4. The molecule has 0 saturated carbocycles. The number of benzene rings is 2. The number of carbonyl (C=O) groups excluding carboxylic acids is 2. The van der Waals surface area contributed by atoms with E-state index >= 15 is 0 Å². The summed E-state index contributed by atoms with van der Waals surface area (Å²) in [4.78, 5) is 36.3. The van der Waals surface area contributed by atoms with Crippen molar-refractivity contribution in [2.24, 2.45) is 0 Å². The van der Waals surface area contributed by atoms with Gasteiger partial charge in [-0.05, 0) is 30.7 Å². The molecule has 3 rings (SSSR count). The second-order valence-electron chi connectivity index (χ2n) is 6.02. The molecule has 0 radical (unpaired) electrons. The number of fused-ring (bicyclic) bond motifs is 1. The highest BCUT2D eigenvalue weighted by Gasteiger charge is 2.29. The van der Waals surface area contributed by atoms with Gasteiger partial charge in [0.25, 0.3) is 11.6 Å². The van der Waals surface area contributed by atoms with E-state index in [0.717, 1.165) is 5.56 Å². The molecule has 0 unspecified atom stereocenters. The van der Waals surface area contributed by atoms with Crippen LogP contribution in [0.25, 0.3) is 0 Å². The van der Waals surface area contributed by atoms with Gasteiger partial charge in [0, 0.05) is 17.2 Å². The molecule has 0 fully saturated rings. The molecule has 1 aliphatic heterocycles. The summed E-state index contributed by atoms with van der Waals surface area (Å²) in [5.41, 5.74) is 0.874. The van der Waals surface area contributed by atoms with Crippen LogP contribution in [0.15, 0.2) is 42.5 Å². The van der Waals surface area contributed by atoms with Crippen molar-refractivity contribution in [3.05, 3.63) is 63.2 Å². The highest BCUT2D eigenvalue weighted by atomic mass is 35.5. The zero-order valence-electron chi connectivity index (χ0n) is 14.3. The third kappa shape index (κ3) is 4.17. The number of nitrogens with one attached hydrogen (secondary N) is 1.